The monoisotopic (exact) mass is 295 g/mol. The third kappa shape index (κ3) is 3.49. The minimum absolute atomic E-state index is 0.0656. The van der Waals surface area contributed by atoms with E-state index in [4.69, 9.17) is 17.3 Å². The molecule has 20 heavy (non-hydrogen) atoms. The van der Waals surface area contributed by atoms with Crippen molar-refractivity contribution in [3.05, 3.63) is 23.2 Å². The number of hydrogen-bond donors (Lipinski definition) is 3. The van der Waals surface area contributed by atoms with E-state index in [2.05, 4.69) is 10.6 Å². The van der Waals surface area contributed by atoms with Gasteiger partial charge < -0.3 is 16.4 Å². The number of amides is 2. The molecule has 108 valence electrons. The van der Waals surface area contributed by atoms with Crippen LogP contribution in [-0.2, 0) is 9.59 Å². The Balaban J connectivity index is 2.04. The average molecular weight is 296 g/mol. The molecular formula is C14H18ClN3O2. The van der Waals surface area contributed by atoms with E-state index in [9.17, 15) is 9.59 Å². The highest BCUT2D eigenvalue weighted by molar-refractivity contribution is 6.34. The van der Waals surface area contributed by atoms with Gasteiger partial charge in [0.05, 0.1) is 16.6 Å². The summed E-state index contributed by atoms with van der Waals surface area (Å²) in [5.41, 5.74) is 7.04. The normalized spacial score (nSPS) is 21.6. The van der Waals surface area contributed by atoms with Crippen molar-refractivity contribution in [1.82, 2.24) is 0 Å². The van der Waals surface area contributed by atoms with Gasteiger partial charge in [-0.15, -0.1) is 0 Å². The molecule has 6 heteroatoms. The van der Waals surface area contributed by atoms with Gasteiger partial charge in [0.25, 0.3) is 0 Å². The Morgan fingerprint density at radius 2 is 2.05 bits per heavy atom. The van der Waals surface area contributed by atoms with E-state index < -0.39 is 0 Å². The van der Waals surface area contributed by atoms with Crippen molar-refractivity contribution in [2.45, 2.75) is 32.2 Å². The third-order valence-corrected chi connectivity index (χ3v) is 3.77. The van der Waals surface area contributed by atoms with E-state index in [0.717, 1.165) is 19.3 Å². The topological polar surface area (TPSA) is 84.2 Å². The van der Waals surface area contributed by atoms with Gasteiger partial charge in [-0.2, -0.15) is 0 Å². The second-order valence-corrected chi connectivity index (χ2v) is 5.47. The Morgan fingerprint density at radius 1 is 1.30 bits per heavy atom. The van der Waals surface area contributed by atoms with Gasteiger partial charge in [0.2, 0.25) is 11.8 Å². The van der Waals surface area contributed by atoms with Crippen LogP contribution in [0.4, 0.5) is 11.4 Å². The molecular weight excluding hydrogens is 278 g/mol. The summed E-state index contributed by atoms with van der Waals surface area (Å²) in [7, 11) is 0. The van der Waals surface area contributed by atoms with Gasteiger partial charge in [0.1, 0.15) is 0 Å². The molecule has 1 aliphatic carbocycles. The molecule has 0 saturated heterocycles. The number of hydrogen-bond acceptors (Lipinski definition) is 3. The second kappa shape index (κ2) is 6.24. The highest BCUT2D eigenvalue weighted by atomic mass is 35.5. The van der Waals surface area contributed by atoms with Crippen LogP contribution in [0.15, 0.2) is 18.2 Å². The molecule has 0 aromatic heterocycles. The molecule has 0 aliphatic heterocycles. The molecule has 1 aromatic carbocycles. The lowest BCUT2D eigenvalue weighted by atomic mass is 10.0. The zero-order valence-corrected chi connectivity index (χ0v) is 12.0. The third-order valence-electron chi connectivity index (χ3n) is 3.45. The summed E-state index contributed by atoms with van der Waals surface area (Å²) in [5.74, 6) is -0.400. The summed E-state index contributed by atoms with van der Waals surface area (Å²) in [5, 5.41) is 5.81. The Labute approximate surface area is 122 Å². The minimum atomic E-state index is -0.194. The maximum Gasteiger partial charge on any atom is 0.229 e. The highest BCUT2D eigenvalue weighted by Gasteiger charge is 2.30. The maximum atomic E-state index is 12.1. The molecule has 5 nitrogen and oxygen atoms in total. The van der Waals surface area contributed by atoms with E-state index >= 15 is 0 Å². The lowest BCUT2D eigenvalue weighted by molar-refractivity contribution is -0.120. The SMILES string of the molecule is CC(=O)Nc1ccc(NC(=O)C2CCCC2N)cc1Cl. The number of nitrogens with one attached hydrogen (secondary N) is 2. The van der Waals surface area contributed by atoms with E-state index in [0.29, 0.717) is 16.4 Å². The van der Waals surface area contributed by atoms with E-state index in [-0.39, 0.29) is 23.8 Å². The zero-order valence-electron chi connectivity index (χ0n) is 11.3. The fraction of sp³-hybridized carbons (Fsp3) is 0.429. The summed E-state index contributed by atoms with van der Waals surface area (Å²) >= 11 is 6.05. The number of anilines is 2. The van der Waals surface area contributed by atoms with Gasteiger partial charge in [-0.3, -0.25) is 9.59 Å². The van der Waals surface area contributed by atoms with Crippen LogP contribution in [0.3, 0.4) is 0 Å². The van der Waals surface area contributed by atoms with Crippen molar-refractivity contribution in [1.29, 1.82) is 0 Å². The fourth-order valence-corrected chi connectivity index (χ4v) is 2.66. The first-order chi connectivity index (χ1) is 9.47. The van der Waals surface area contributed by atoms with Gasteiger partial charge in [0.15, 0.2) is 0 Å². The number of rotatable bonds is 3. The Morgan fingerprint density at radius 3 is 2.60 bits per heavy atom. The molecule has 2 unspecified atom stereocenters. The summed E-state index contributed by atoms with van der Waals surface area (Å²) in [6.07, 6.45) is 2.70. The number of carbonyl (C=O) groups excluding carboxylic acids is 2. The van der Waals surface area contributed by atoms with Crippen LogP contribution in [0.5, 0.6) is 0 Å². The van der Waals surface area contributed by atoms with Crippen LogP contribution in [0.25, 0.3) is 0 Å². The van der Waals surface area contributed by atoms with Gasteiger partial charge in [-0.25, -0.2) is 0 Å². The van der Waals surface area contributed by atoms with Crippen LogP contribution >= 0.6 is 11.6 Å². The van der Waals surface area contributed by atoms with E-state index in [1.54, 1.807) is 18.2 Å². The predicted molar refractivity (Wildman–Crippen MR) is 79.7 cm³/mol. The minimum Gasteiger partial charge on any atom is -0.327 e. The maximum absolute atomic E-state index is 12.1. The molecule has 0 bridgehead atoms. The van der Waals surface area contributed by atoms with Crippen LogP contribution in [0.2, 0.25) is 5.02 Å². The average Bonchev–Trinajstić information content (AvgIpc) is 2.78. The van der Waals surface area contributed by atoms with Gasteiger partial charge in [-0.1, -0.05) is 18.0 Å². The van der Waals surface area contributed by atoms with Crippen molar-refractivity contribution < 1.29 is 9.59 Å². The first-order valence-corrected chi connectivity index (χ1v) is 6.99. The quantitative estimate of drug-likeness (QED) is 0.800. The van der Waals surface area contributed by atoms with Crippen LogP contribution < -0.4 is 16.4 Å². The molecule has 0 heterocycles. The number of benzene rings is 1. The molecule has 2 rings (SSSR count). The Hall–Kier alpha value is -1.59. The number of carbonyl (C=O) groups is 2. The molecule has 4 N–H and O–H groups in total. The Kier molecular flexibility index (Phi) is 4.62. The van der Waals surface area contributed by atoms with Crippen molar-refractivity contribution >= 4 is 34.8 Å². The zero-order chi connectivity index (χ0) is 14.7. The standard InChI is InChI=1S/C14H18ClN3O2/c1-8(19)17-13-6-5-9(7-11(13)15)18-14(20)10-3-2-4-12(10)16/h5-7,10,12H,2-4,16H2,1H3,(H,17,19)(H,18,20). The van der Waals surface area contributed by atoms with Crippen molar-refractivity contribution in [3.63, 3.8) is 0 Å². The number of halogens is 1. The fourth-order valence-electron chi connectivity index (χ4n) is 2.43. The smallest absolute Gasteiger partial charge is 0.229 e. The van der Waals surface area contributed by atoms with Gasteiger partial charge in [-0.05, 0) is 31.0 Å². The summed E-state index contributed by atoms with van der Waals surface area (Å²) < 4.78 is 0. The lowest BCUT2D eigenvalue weighted by Gasteiger charge is -2.15. The van der Waals surface area contributed by atoms with Crippen LogP contribution in [0.1, 0.15) is 26.2 Å². The second-order valence-electron chi connectivity index (χ2n) is 5.07. The first kappa shape index (κ1) is 14.8. The van der Waals surface area contributed by atoms with Crippen LogP contribution in [-0.4, -0.2) is 17.9 Å². The molecule has 2 amide bonds. The first-order valence-electron chi connectivity index (χ1n) is 6.61. The van der Waals surface area contributed by atoms with Crippen molar-refractivity contribution in [2.24, 2.45) is 11.7 Å². The van der Waals surface area contributed by atoms with Crippen molar-refractivity contribution in [3.8, 4) is 0 Å². The molecule has 1 fully saturated rings. The van der Waals surface area contributed by atoms with Gasteiger partial charge in [0, 0.05) is 18.7 Å². The predicted octanol–water partition coefficient (Wildman–Crippen LogP) is 2.36. The lowest BCUT2D eigenvalue weighted by Crippen LogP contribution is -2.34. The molecule has 0 radical (unpaired) electrons. The highest BCUT2D eigenvalue weighted by Crippen LogP contribution is 2.28. The Bertz CT molecular complexity index is 533. The van der Waals surface area contributed by atoms with Gasteiger partial charge >= 0.3 is 0 Å². The molecule has 2 atom stereocenters. The summed E-state index contributed by atoms with van der Waals surface area (Å²) in [6, 6.07) is 4.92. The largest absolute Gasteiger partial charge is 0.327 e. The van der Waals surface area contributed by atoms with Crippen molar-refractivity contribution in [2.75, 3.05) is 10.6 Å². The van der Waals surface area contributed by atoms with Crippen LogP contribution in [0, 0.1) is 5.92 Å². The molecule has 1 saturated carbocycles. The number of nitrogens with two attached hydrogens (primary N) is 1. The molecule has 0 spiro atoms. The summed E-state index contributed by atoms with van der Waals surface area (Å²) in [4.78, 5) is 23.1. The molecule has 1 aliphatic rings. The van der Waals surface area contributed by atoms with E-state index in [1.807, 2.05) is 0 Å². The van der Waals surface area contributed by atoms with E-state index in [1.165, 1.54) is 6.92 Å². The molecule has 1 aromatic rings. The summed E-state index contributed by atoms with van der Waals surface area (Å²) in [6.45, 7) is 1.41.